The number of nitrogens with two attached hydrogens (primary N) is 1. The number of rotatable bonds is 5. The highest BCUT2D eigenvalue weighted by atomic mass is 19.1. The van der Waals surface area contributed by atoms with E-state index in [0.29, 0.717) is 12.2 Å². The monoisotopic (exact) mass is 253 g/mol. The lowest BCUT2D eigenvalue weighted by molar-refractivity contribution is -0.127. The van der Waals surface area contributed by atoms with E-state index in [0.717, 1.165) is 6.42 Å². The zero-order valence-corrected chi connectivity index (χ0v) is 11.1. The molecule has 1 aromatic carbocycles. The minimum atomic E-state index is -0.453. The minimum absolute atomic E-state index is 0.0351. The lowest BCUT2D eigenvalue weighted by Crippen LogP contribution is -2.37. The Morgan fingerprint density at radius 3 is 2.61 bits per heavy atom. The van der Waals surface area contributed by atoms with Crippen molar-refractivity contribution in [1.82, 2.24) is 4.90 Å². The van der Waals surface area contributed by atoms with Gasteiger partial charge in [0.15, 0.2) is 0 Å². The Morgan fingerprint density at radius 2 is 2.06 bits per heavy atom. The van der Waals surface area contributed by atoms with Gasteiger partial charge in [0.25, 0.3) is 0 Å². The van der Waals surface area contributed by atoms with Crippen molar-refractivity contribution in [3.63, 3.8) is 0 Å². The smallest absolute Gasteiger partial charge is 0.241 e. The van der Waals surface area contributed by atoms with Gasteiger partial charge in [-0.1, -0.05) is 13.0 Å². The molecule has 0 spiro atoms. The van der Waals surface area contributed by atoms with E-state index >= 15 is 0 Å². The van der Waals surface area contributed by atoms with Crippen molar-refractivity contribution in [3.05, 3.63) is 24.0 Å². The lowest BCUT2D eigenvalue weighted by Gasteiger charge is -2.26. The molecule has 0 heterocycles. The molecule has 0 aliphatic rings. The fraction of sp³-hybridized carbons (Fsp3) is 0.462. The van der Waals surface area contributed by atoms with Gasteiger partial charge in [0.1, 0.15) is 5.82 Å². The second-order valence-corrected chi connectivity index (χ2v) is 4.38. The minimum Gasteiger partial charge on any atom is -0.395 e. The van der Waals surface area contributed by atoms with Crippen LogP contribution in [0.4, 0.5) is 15.8 Å². The van der Waals surface area contributed by atoms with Gasteiger partial charge in [-0.05, 0) is 18.6 Å². The number of nitrogens with zero attached hydrogens (tertiary/aromatic N) is 2. The van der Waals surface area contributed by atoms with Gasteiger partial charge >= 0.3 is 0 Å². The first kappa shape index (κ1) is 14.3. The van der Waals surface area contributed by atoms with Crippen molar-refractivity contribution in [1.29, 1.82) is 0 Å². The highest BCUT2D eigenvalue weighted by Crippen LogP contribution is 2.25. The maximum absolute atomic E-state index is 13.4. The van der Waals surface area contributed by atoms with Crippen LogP contribution < -0.4 is 10.6 Å². The van der Waals surface area contributed by atoms with E-state index in [1.54, 1.807) is 31.1 Å². The maximum Gasteiger partial charge on any atom is 0.241 e. The number of carbonyl (C=O) groups excluding carboxylic acids is 1. The second kappa shape index (κ2) is 6.23. The number of halogens is 1. The van der Waals surface area contributed by atoms with Crippen molar-refractivity contribution in [2.75, 3.05) is 37.8 Å². The molecule has 2 N–H and O–H groups in total. The number of likely N-dealkylation sites (N-methyl/N-ethyl adjacent to an activating group) is 1. The van der Waals surface area contributed by atoms with Crippen LogP contribution in [-0.2, 0) is 4.79 Å². The molecule has 18 heavy (non-hydrogen) atoms. The number of carbonyl (C=O) groups is 1. The van der Waals surface area contributed by atoms with Crippen LogP contribution in [0.1, 0.15) is 13.3 Å². The zero-order chi connectivity index (χ0) is 13.7. The summed E-state index contributed by atoms with van der Waals surface area (Å²) in [5.41, 5.74) is 6.39. The summed E-state index contributed by atoms with van der Waals surface area (Å²) < 4.78 is 13.4. The Labute approximate surface area is 107 Å². The molecule has 0 atom stereocenters. The van der Waals surface area contributed by atoms with E-state index in [9.17, 15) is 9.18 Å². The molecule has 0 fully saturated rings. The van der Waals surface area contributed by atoms with Crippen LogP contribution in [0, 0.1) is 5.82 Å². The first-order chi connectivity index (χ1) is 8.47. The van der Waals surface area contributed by atoms with Crippen LogP contribution >= 0.6 is 0 Å². The predicted octanol–water partition coefficient (Wildman–Crippen LogP) is 1.71. The van der Waals surface area contributed by atoms with Crippen LogP contribution in [0.25, 0.3) is 0 Å². The largest absolute Gasteiger partial charge is 0.395 e. The summed E-state index contributed by atoms with van der Waals surface area (Å²) in [4.78, 5) is 15.1. The van der Waals surface area contributed by atoms with Crippen LogP contribution in [0.5, 0.6) is 0 Å². The van der Waals surface area contributed by atoms with Gasteiger partial charge in [-0.15, -0.1) is 0 Å². The highest BCUT2D eigenvalue weighted by molar-refractivity contribution is 5.82. The van der Waals surface area contributed by atoms with E-state index in [1.807, 2.05) is 6.92 Å². The van der Waals surface area contributed by atoms with Crippen LogP contribution in [-0.4, -0.2) is 38.0 Å². The Hall–Kier alpha value is -1.78. The molecule has 0 aromatic heterocycles. The predicted molar refractivity (Wildman–Crippen MR) is 72.0 cm³/mol. The molecule has 1 aromatic rings. The van der Waals surface area contributed by atoms with Gasteiger partial charge in [0, 0.05) is 20.6 Å². The Balaban J connectivity index is 2.97. The summed E-state index contributed by atoms with van der Waals surface area (Å²) in [5.74, 6) is -0.488. The van der Waals surface area contributed by atoms with E-state index in [1.165, 1.54) is 11.0 Å². The molecule has 0 saturated heterocycles. The summed E-state index contributed by atoms with van der Waals surface area (Å²) in [5, 5.41) is 0. The summed E-state index contributed by atoms with van der Waals surface area (Å²) in [6.07, 6.45) is 0.858. The summed E-state index contributed by atoms with van der Waals surface area (Å²) in [6, 6.07) is 4.65. The average Bonchev–Trinajstić information content (AvgIpc) is 2.32. The van der Waals surface area contributed by atoms with Gasteiger partial charge < -0.3 is 15.5 Å². The average molecular weight is 253 g/mol. The SMILES string of the molecule is CCCN(CC(=O)N(C)C)c1cccc(F)c1N. The van der Waals surface area contributed by atoms with E-state index in [2.05, 4.69) is 0 Å². The second-order valence-electron chi connectivity index (χ2n) is 4.38. The lowest BCUT2D eigenvalue weighted by atomic mass is 10.2. The molecule has 0 saturated carbocycles. The van der Waals surface area contributed by atoms with Gasteiger partial charge in [0.2, 0.25) is 5.91 Å². The summed E-state index contributed by atoms with van der Waals surface area (Å²) in [6.45, 7) is 2.87. The number of nitrogen functional groups attached to an aromatic ring is 1. The number of anilines is 2. The van der Waals surface area contributed by atoms with E-state index < -0.39 is 5.82 Å². The Kier molecular flexibility index (Phi) is 4.95. The van der Waals surface area contributed by atoms with E-state index in [4.69, 9.17) is 5.73 Å². The quantitative estimate of drug-likeness (QED) is 0.813. The van der Waals surface area contributed by atoms with Crippen molar-refractivity contribution < 1.29 is 9.18 Å². The molecule has 5 heteroatoms. The first-order valence-corrected chi connectivity index (χ1v) is 5.96. The normalized spacial score (nSPS) is 10.2. The first-order valence-electron chi connectivity index (χ1n) is 5.96. The topological polar surface area (TPSA) is 49.6 Å². The van der Waals surface area contributed by atoms with Crippen molar-refractivity contribution >= 4 is 17.3 Å². The number of amides is 1. The van der Waals surface area contributed by atoms with Crippen LogP contribution in [0.2, 0.25) is 0 Å². The Morgan fingerprint density at radius 1 is 1.39 bits per heavy atom. The van der Waals surface area contributed by atoms with E-state index in [-0.39, 0.29) is 18.1 Å². The molecule has 0 aliphatic carbocycles. The van der Waals surface area contributed by atoms with Crippen molar-refractivity contribution in [2.24, 2.45) is 0 Å². The maximum atomic E-state index is 13.4. The number of para-hydroxylation sites is 1. The van der Waals surface area contributed by atoms with Crippen LogP contribution in [0.15, 0.2) is 18.2 Å². The summed E-state index contributed by atoms with van der Waals surface area (Å²) >= 11 is 0. The summed E-state index contributed by atoms with van der Waals surface area (Å²) in [7, 11) is 3.39. The third kappa shape index (κ3) is 3.35. The third-order valence-electron chi connectivity index (χ3n) is 2.69. The third-order valence-corrected chi connectivity index (χ3v) is 2.69. The van der Waals surface area contributed by atoms with Gasteiger partial charge in [-0.25, -0.2) is 4.39 Å². The molecule has 4 nitrogen and oxygen atoms in total. The van der Waals surface area contributed by atoms with Gasteiger partial charge in [0.05, 0.1) is 17.9 Å². The molecule has 100 valence electrons. The number of hydrogen-bond donors (Lipinski definition) is 1. The van der Waals surface area contributed by atoms with Crippen LogP contribution in [0.3, 0.4) is 0 Å². The highest BCUT2D eigenvalue weighted by Gasteiger charge is 2.16. The van der Waals surface area contributed by atoms with Crippen molar-refractivity contribution in [3.8, 4) is 0 Å². The molecule has 0 bridgehead atoms. The molecule has 0 aliphatic heterocycles. The fourth-order valence-corrected chi connectivity index (χ4v) is 1.66. The molecule has 0 radical (unpaired) electrons. The fourth-order valence-electron chi connectivity index (χ4n) is 1.66. The molecule has 0 unspecified atom stereocenters. The van der Waals surface area contributed by atoms with Crippen molar-refractivity contribution in [2.45, 2.75) is 13.3 Å². The standard InChI is InChI=1S/C13H20FN3O/c1-4-8-17(9-12(18)16(2)3)11-7-5-6-10(14)13(11)15/h5-7H,4,8-9,15H2,1-3H3. The Bertz CT molecular complexity index is 421. The molecule has 1 rings (SSSR count). The molecular weight excluding hydrogens is 233 g/mol. The van der Waals surface area contributed by atoms with Gasteiger partial charge in [-0.2, -0.15) is 0 Å². The molecule has 1 amide bonds. The zero-order valence-electron chi connectivity index (χ0n) is 11.1. The molecular formula is C13H20FN3O. The van der Waals surface area contributed by atoms with Gasteiger partial charge in [-0.3, -0.25) is 4.79 Å². The number of benzene rings is 1. The number of hydrogen-bond acceptors (Lipinski definition) is 3.